The lowest BCUT2D eigenvalue weighted by molar-refractivity contribution is 0.464. The van der Waals surface area contributed by atoms with Crippen molar-refractivity contribution in [1.82, 2.24) is 5.32 Å². The third kappa shape index (κ3) is 3.10. The summed E-state index contributed by atoms with van der Waals surface area (Å²) in [5.41, 5.74) is 0.270. The monoisotopic (exact) mass is 259 g/mol. The van der Waals surface area contributed by atoms with Crippen LogP contribution >= 0.6 is 0 Å². The molecule has 1 saturated heterocycles. The van der Waals surface area contributed by atoms with Crippen LogP contribution in [0, 0.1) is 11.6 Å². The average molecular weight is 259 g/mol. The number of hydrogen-bond acceptors (Lipinski definition) is 2. The van der Waals surface area contributed by atoms with E-state index in [0.29, 0.717) is 11.5 Å². The molecule has 0 aromatic heterocycles. The van der Waals surface area contributed by atoms with Crippen molar-refractivity contribution in [2.24, 2.45) is 0 Å². The van der Waals surface area contributed by atoms with Crippen molar-refractivity contribution in [2.75, 3.05) is 11.5 Å². The Balaban J connectivity index is 2.30. The summed E-state index contributed by atoms with van der Waals surface area (Å²) < 4.78 is 38.4. The van der Waals surface area contributed by atoms with Crippen LogP contribution in [0.5, 0.6) is 0 Å². The van der Waals surface area contributed by atoms with Crippen molar-refractivity contribution in [2.45, 2.75) is 25.4 Å². The van der Waals surface area contributed by atoms with E-state index in [-0.39, 0.29) is 17.6 Å². The first kappa shape index (κ1) is 12.6. The fraction of sp³-hybridized carbons (Fsp3) is 0.500. The van der Waals surface area contributed by atoms with Crippen LogP contribution in [-0.2, 0) is 10.8 Å². The van der Waals surface area contributed by atoms with Gasteiger partial charge in [-0.15, -0.1) is 0 Å². The van der Waals surface area contributed by atoms with Crippen LogP contribution in [0.25, 0.3) is 0 Å². The molecule has 1 heterocycles. The minimum atomic E-state index is -0.975. The summed E-state index contributed by atoms with van der Waals surface area (Å²) in [7, 11) is -0.975. The number of benzene rings is 1. The van der Waals surface area contributed by atoms with E-state index < -0.39 is 22.4 Å². The molecule has 5 heteroatoms. The van der Waals surface area contributed by atoms with Gasteiger partial charge in [0.2, 0.25) is 0 Å². The molecule has 1 fully saturated rings. The van der Waals surface area contributed by atoms with E-state index in [0.717, 1.165) is 18.6 Å². The SMILES string of the molecule is CC1CCS(=O)CC(c2cc(F)ccc2F)N1. The van der Waals surface area contributed by atoms with Crippen LogP contribution in [-0.4, -0.2) is 21.8 Å². The first-order valence-electron chi connectivity index (χ1n) is 5.62. The summed E-state index contributed by atoms with van der Waals surface area (Å²) in [5, 5.41) is 3.19. The van der Waals surface area contributed by atoms with Crippen molar-refractivity contribution >= 4 is 10.8 Å². The summed E-state index contributed by atoms with van der Waals surface area (Å²) >= 11 is 0. The van der Waals surface area contributed by atoms with Crippen molar-refractivity contribution in [1.29, 1.82) is 0 Å². The van der Waals surface area contributed by atoms with Crippen molar-refractivity contribution < 1.29 is 13.0 Å². The molecule has 94 valence electrons. The lowest BCUT2D eigenvalue weighted by Gasteiger charge is -2.20. The third-order valence-corrected chi connectivity index (χ3v) is 4.35. The Morgan fingerprint density at radius 1 is 1.41 bits per heavy atom. The zero-order chi connectivity index (χ0) is 12.4. The molecule has 1 N–H and O–H groups in total. The van der Waals surface area contributed by atoms with Crippen LogP contribution in [0.15, 0.2) is 18.2 Å². The second kappa shape index (κ2) is 5.23. The number of halogens is 2. The van der Waals surface area contributed by atoms with Gasteiger partial charge in [0.15, 0.2) is 0 Å². The quantitative estimate of drug-likeness (QED) is 0.837. The largest absolute Gasteiger partial charge is 0.307 e. The highest BCUT2D eigenvalue weighted by molar-refractivity contribution is 7.85. The highest BCUT2D eigenvalue weighted by Crippen LogP contribution is 2.22. The third-order valence-electron chi connectivity index (χ3n) is 2.95. The zero-order valence-corrected chi connectivity index (χ0v) is 10.4. The maximum absolute atomic E-state index is 13.6. The minimum Gasteiger partial charge on any atom is -0.307 e. The smallest absolute Gasteiger partial charge is 0.128 e. The fourth-order valence-corrected chi connectivity index (χ4v) is 3.44. The first-order chi connectivity index (χ1) is 8.06. The molecule has 17 heavy (non-hydrogen) atoms. The highest BCUT2D eigenvalue weighted by Gasteiger charge is 2.24. The fourth-order valence-electron chi connectivity index (χ4n) is 2.01. The molecule has 0 radical (unpaired) electrons. The molecule has 0 aliphatic carbocycles. The van der Waals surface area contributed by atoms with E-state index in [1.54, 1.807) is 0 Å². The topological polar surface area (TPSA) is 29.1 Å². The number of rotatable bonds is 1. The van der Waals surface area contributed by atoms with E-state index in [1.165, 1.54) is 6.07 Å². The summed E-state index contributed by atoms with van der Waals surface area (Å²) in [6.45, 7) is 1.97. The van der Waals surface area contributed by atoms with Gasteiger partial charge < -0.3 is 5.32 Å². The molecule has 3 unspecified atom stereocenters. The van der Waals surface area contributed by atoms with Crippen LogP contribution in [0.3, 0.4) is 0 Å². The predicted octanol–water partition coefficient (Wildman–Crippen LogP) is 2.14. The number of hydrogen-bond donors (Lipinski definition) is 1. The molecule has 1 aliphatic rings. The maximum Gasteiger partial charge on any atom is 0.128 e. The van der Waals surface area contributed by atoms with E-state index in [1.807, 2.05) is 6.92 Å². The maximum atomic E-state index is 13.6. The van der Waals surface area contributed by atoms with Crippen LogP contribution in [0.4, 0.5) is 8.78 Å². The summed E-state index contributed by atoms with van der Waals surface area (Å²) in [5.74, 6) is 0.0349. The molecule has 2 rings (SSSR count). The highest BCUT2D eigenvalue weighted by atomic mass is 32.2. The van der Waals surface area contributed by atoms with E-state index >= 15 is 0 Å². The summed E-state index contributed by atoms with van der Waals surface area (Å²) in [4.78, 5) is 0. The molecule has 1 aliphatic heterocycles. The van der Waals surface area contributed by atoms with Gasteiger partial charge in [0.05, 0.1) is 0 Å². The molecule has 0 bridgehead atoms. The van der Waals surface area contributed by atoms with Gasteiger partial charge in [-0.25, -0.2) is 8.78 Å². The van der Waals surface area contributed by atoms with E-state index in [4.69, 9.17) is 0 Å². The Morgan fingerprint density at radius 3 is 2.94 bits per heavy atom. The number of nitrogens with one attached hydrogen (secondary N) is 1. The normalized spacial score (nSPS) is 29.9. The molecule has 0 saturated carbocycles. The molecule has 0 spiro atoms. The lowest BCUT2D eigenvalue weighted by Crippen LogP contribution is -2.31. The van der Waals surface area contributed by atoms with Gasteiger partial charge >= 0.3 is 0 Å². The van der Waals surface area contributed by atoms with Crippen LogP contribution < -0.4 is 5.32 Å². The Kier molecular flexibility index (Phi) is 3.89. The summed E-state index contributed by atoms with van der Waals surface area (Å²) in [6.07, 6.45) is 0.792. The van der Waals surface area contributed by atoms with Gasteiger partial charge in [-0.1, -0.05) is 0 Å². The second-order valence-electron chi connectivity index (χ2n) is 4.39. The Hall–Kier alpha value is -0.810. The van der Waals surface area contributed by atoms with Crippen LogP contribution in [0.1, 0.15) is 24.9 Å². The standard InChI is InChI=1S/C12H15F2NOS/c1-8-4-5-17(16)7-12(15-8)10-6-9(13)2-3-11(10)14/h2-3,6,8,12,15H,4-5,7H2,1H3. The molecule has 3 atom stereocenters. The first-order valence-corrected chi connectivity index (χ1v) is 7.11. The molecule has 1 aromatic carbocycles. The molecule has 0 amide bonds. The zero-order valence-electron chi connectivity index (χ0n) is 9.58. The second-order valence-corrected chi connectivity index (χ2v) is 6.01. The van der Waals surface area contributed by atoms with Gasteiger partial charge in [-0.3, -0.25) is 4.21 Å². The summed E-state index contributed by atoms with van der Waals surface area (Å²) in [6, 6.07) is 3.18. The van der Waals surface area contributed by atoms with Gasteiger partial charge in [0.1, 0.15) is 11.6 Å². The van der Waals surface area contributed by atoms with Gasteiger partial charge in [-0.2, -0.15) is 0 Å². The van der Waals surface area contributed by atoms with Crippen molar-refractivity contribution in [3.8, 4) is 0 Å². The minimum absolute atomic E-state index is 0.161. The molecular formula is C12H15F2NOS. The van der Waals surface area contributed by atoms with Crippen molar-refractivity contribution in [3.63, 3.8) is 0 Å². The Morgan fingerprint density at radius 2 is 2.18 bits per heavy atom. The van der Waals surface area contributed by atoms with E-state index in [9.17, 15) is 13.0 Å². The van der Waals surface area contributed by atoms with E-state index in [2.05, 4.69) is 5.32 Å². The average Bonchev–Trinajstić information content (AvgIpc) is 2.44. The van der Waals surface area contributed by atoms with Gasteiger partial charge in [-0.05, 0) is 31.5 Å². The molecular weight excluding hydrogens is 244 g/mol. The molecule has 1 aromatic rings. The van der Waals surface area contributed by atoms with Crippen LogP contribution in [0.2, 0.25) is 0 Å². The Labute approximate surface area is 102 Å². The van der Waals surface area contributed by atoms with Gasteiger partial charge in [0, 0.05) is 40.0 Å². The van der Waals surface area contributed by atoms with Gasteiger partial charge in [0.25, 0.3) is 0 Å². The molecule has 2 nitrogen and oxygen atoms in total. The lowest BCUT2D eigenvalue weighted by atomic mass is 10.1. The predicted molar refractivity (Wildman–Crippen MR) is 64.2 cm³/mol. The van der Waals surface area contributed by atoms with Crippen molar-refractivity contribution in [3.05, 3.63) is 35.4 Å². The Bertz CT molecular complexity index is 439.